The summed E-state index contributed by atoms with van der Waals surface area (Å²) in [5.74, 6) is 0.155. The Hall–Kier alpha value is -3.38. The van der Waals surface area contributed by atoms with Gasteiger partial charge in [0.1, 0.15) is 5.82 Å². The summed E-state index contributed by atoms with van der Waals surface area (Å²) in [6, 6.07) is 16.0. The van der Waals surface area contributed by atoms with Crippen LogP contribution in [0.5, 0.6) is 0 Å². The molecular formula is C21H14FN3OS. The first-order chi connectivity index (χ1) is 13.2. The van der Waals surface area contributed by atoms with Crippen LogP contribution in [0, 0.1) is 5.82 Å². The number of thiazole rings is 1. The summed E-state index contributed by atoms with van der Waals surface area (Å²) in [5, 5.41) is 4.23. The average Bonchev–Trinajstić information content (AvgIpc) is 3.21. The monoisotopic (exact) mass is 375 g/mol. The third-order valence-corrected chi connectivity index (χ3v) is 4.81. The molecule has 0 spiro atoms. The van der Waals surface area contributed by atoms with E-state index < -0.39 is 0 Å². The van der Waals surface area contributed by atoms with E-state index in [9.17, 15) is 9.18 Å². The highest BCUT2D eigenvalue weighted by atomic mass is 32.1. The number of rotatable bonds is 4. The van der Waals surface area contributed by atoms with Gasteiger partial charge in [-0.3, -0.25) is 4.79 Å². The lowest BCUT2D eigenvalue weighted by molar-refractivity contribution is 0.628. The van der Waals surface area contributed by atoms with Gasteiger partial charge in [-0.1, -0.05) is 72.0 Å². The molecule has 132 valence electrons. The van der Waals surface area contributed by atoms with E-state index >= 15 is 0 Å². The van der Waals surface area contributed by atoms with E-state index in [0.29, 0.717) is 15.3 Å². The number of fused-ring (bicyclic) bond motifs is 1. The zero-order valence-electron chi connectivity index (χ0n) is 14.1. The normalized spacial score (nSPS) is 12.7. The van der Waals surface area contributed by atoms with Crippen LogP contribution in [0.2, 0.25) is 0 Å². The van der Waals surface area contributed by atoms with Gasteiger partial charge in [0, 0.05) is 0 Å². The number of aromatic nitrogens is 3. The third-order valence-electron chi connectivity index (χ3n) is 3.83. The van der Waals surface area contributed by atoms with Crippen molar-refractivity contribution >= 4 is 40.6 Å². The van der Waals surface area contributed by atoms with Gasteiger partial charge >= 0.3 is 0 Å². The van der Waals surface area contributed by atoms with E-state index in [0.717, 1.165) is 11.1 Å². The number of hydrogen-bond donors (Lipinski definition) is 0. The van der Waals surface area contributed by atoms with Crippen LogP contribution in [0.3, 0.4) is 0 Å². The van der Waals surface area contributed by atoms with Gasteiger partial charge in [-0.05, 0) is 35.4 Å². The van der Waals surface area contributed by atoms with Gasteiger partial charge < -0.3 is 0 Å². The molecule has 2 aromatic carbocycles. The first kappa shape index (κ1) is 17.1. The fraction of sp³-hybridized carbons (Fsp3) is 0. The molecule has 0 aliphatic carbocycles. The Morgan fingerprint density at radius 3 is 2.41 bits per heavy atom. The minimum absolute atomic E-state index is 0.193. The molecule has 4 aromatic rings. The lowest BCUT2D eigenvalue weighted by Crippen LogP contribution is -2.23. The molecule has 0 bridgehead atoms. The Balaban J connectivity index is 1.58. The lowest BCUT2D eigenvalue weighted by atomic mass is 10.2. The van der Waals surface area contributed by atoms with Crippen LogP contribution in [0.4, 0.5) is 4.39 Å². The van der Waals surface area contributed by atoms with Gasteiger partial charge in [0.2, 0.25) is 4.96 Å². The van der Waals surface area contributed by atoms with Crippen LogP contribution in [0.15, 0.2) is 65.5 Å². The molecular weight excluding hydrogens is 361 g/mol. The maximum absolute atomic E-state index is 12.9. The van der Waals surface area contributed by atoms with Crippen molar-refractivity contribution in [1.82, 2.24) is 14.6 Å². The number of allylic oxidation sites excluding steroid dienone is 1. The van der Waals surface area contributed by atoms with E-state index in [1.807, 2.05) is 42.5 Å². The van der Waals surface area contributed by atoms with Crippen molar-refractivity contribution in [2.75, 3.05) is 0 Å². The number of benzene rings is 2. The molecule has 0 saturated heterocycles. The standard InChI is InChI=1S/C21H14FN3OS/c22-17-12-9-16(10-13-17)11-14-19-23-21-25(24-19)20(26)18(27-21)8-4-7-15-5-2-1-3-6-15/h1-14H/b7-4+,14-11+,18-8-. The maximum atomic E-state index is 12.9. The molecule has 4 nitrogen and oxygen atoms in total. The predicted octanol–water partition coefficient (Wildman–Crippen LogP) is 3.67. The SMILES string of the molecule is O=c1/c(=C/C=C/c2ccccc2)sc2nc(/C=C/c3ccc(F)cc3)nn12. The van der Waals surface area contributed by atoms with Crippen molar-refractivity contribution < 1.29 is 4.39 Å². The quantitative estimate of drug-likeness (QED) is 0.547. The van der Waals surface area contributed by atoms with Crippen molar-refractivity contribution in [2.24, 2.45) is 0 Å². The van der Waals surface area contributed by atoms with E-state index in [-0.39, 0.29) is 11.4 Å². The van der Waals surface area contributed by atoms with Crippen LogP contribution in [0.25, 0.3) is 29.3 Å². The highest BCUT2D eigenvalue weighted by Crippen LogP contribution is 2.09. The molecule has 27 heavy (non-hydrogen) atoms. The predicted molar refractivity (Wildman–Crippen MR) is 108 cm³/mol. The second kappa shape index (κ2) is 7.47. The minimum atomic E-state index is -0.283. The van der Waals surface area contributed by atoms with Gasteiger partial charge in [-0.2, -0.15) is 9.50 Å². The van der Waals surface area contributed by atoms with E-state index in [4.69, 9.17) is 0 Å². The van der Waals surface area contributed by atoms with Crippen LogP contribution >= 0.6 is 11.3 Å². The van der Waals surface area contributed by atoms with Gasteiger partial charge in [0.15, 0.2) is 5.82 Å². The fourth-order valence-electron chi connectivity index (χ4n) is 2.49. The molecule has 0 atom stereocenters. The fourth-order valence-corrected chi connectivity index (χ4v) is 3.36. The Kier molecular flexibility index (Phi) is 4.72. The number of nitrogens with zero attached hydrogens (tertiary/aromatic N) is 3. The summed E-state index contributed by atoms with van der Waals surface area (Å²) in [4.78, 5) is 17.3. The molecule has 0 aliphatic rings. The van der Waals surface area contributed by atoms with Crippen LogP contribution in [-0.2, 0) is 0 Å². The third kappa shape index (κ3) is 3.91. The van der Waals surface area contributed by atoms with E-state index in [1.54, 1.807) is 30.4 Å². The molecule has 0 radical (unpaired) electrons. The molecule has 0 aliphatic heterocycles. The topological polar surface area (TPSA) is 47.3 Å². The maximum Gasteiger partial charge on any atom is 0.291 e. The number of halogens is 1. The summed E-state index contributed by atoms with van der Waals surface area (Å²) < 4.78 is 14.8. The molecule has 0 fully saturated rings. The Morgan fingerprint density at radius 2 is 1.67 bits per heavy atom. The van der Waals surface area contributed by atoms with Crippen LogP contribution in [-0.4, -0.2) is 14.6 Å². The van der Waals surface area contributed by atoms with Gasteiger partial charge in [0.25, 0.3) is 5.56 Å². The molecule has 4 rings (SSSR count). The van der Waals surface area contributed by atoms with Crippen molar-refractivity contribution in [1.29, 1.82) is 0 Å². The second-order valence-corrected chi connectivity index (χ2v) is 6.77. The largest absolute Gasteiger partial charge is 0.291 e. The summed E-state index contributed by atoms with van der Waals surface area (Å²) in [6.45, 7) is 0. The Labute approximate surface area is 158 Å². The first-order valence-electron chi connectivity index (χ1n) is 8.26. The highest BCUT2D eigenvalue weighted by Gasteiger charge is 2.08. The van der Waals surface area contributed by atoms with Gasteiger partial charge in [0.05, 0.1) is 4.53 Å². The van der Waals surface area contributed by atoms with Crippen LogP contribution in [0.1, 0.15) is 17.0 Å². The summed E-state index contributed by atoms with van der Waals surface area (Å²) in [5.41, 5.74) is 1.70. The first-order valence-corrected chi connectivity index (χ1v) is 9.07. The summed E-state index contributed by atoms with van der Waals surface area (Å²) >= 11 is 1.29. The Morgan fingerprint density at radius 1 is 0.926 bits per heavy atom. The van der Waals surface area contributed by atoms with Crippen molar-refractivity contribution in [3.63, 3.8) is 0 Å². The second-order valence-electron chi connectivity index (χ2n) is 5.76. The van der Waals surface area contributed by atoms with Crippen molar-refractivity contribution in [2.45, 2.75) is 0 Å². The van der Waals surface area contributed by atoms with Crippen molar-refractivity contribution in [3.05, 3.63) is 98.3 Å². The van der Waals surface area contributed by atoms with Crippen molar-refractivity contribution in [3.8, 4) is 0 Å². The smallest absolute Gasteiger partial charge is 0.266 e. The molecule has 0 N–H and O–H groups in total. The molecule has 0 amide bonds. The highest BCUT2D eigenvalue weighted by molar-refractivity contribution is 7.15. The van der Waals surface area contributed by atoms with Crippen LogP contribution < -0.4 is 10.1 Å². The van der Waals surface area contributed by atoms with E-state index in [2.05, 4.69) is 10.1 Å². The zero-order valence-corrected chi connectivity index (χ0v) is 14.9. The molecule has 0 unspecified atom stereocenters. The average molecular weight is 375 g/mol. The molecule has 2 heterocycles. The van der Waals surface area contributed by atoms with E-state index in [1.165, 1.54) is 28.0 Å². The summed E-state index contributed by atoms with van der Waals surface area (Å²) in [6.07, 6.45) is 9.03. The summed E-state index contributed by atoms with van der Waals surface area (Å²) in [7, 11) is 0. The molecule has 0 saturated carbocycles. The lowest BCUT2D eigenvalue weighted by Gasteiger charge is -1.91. The van der Waals surface area contributed by atoms with Gasteiger partial charge in [-0.15, -0.1) is 5.10 Å². The number of hydrogen-bond acceptors (Lipinski definition) is 4. The molecule has 6 heteroatoms. The molecule has 2 aromatic heterocycles. The Bertz CT molecular complexity index is 1240. The minimum Gasteiger partial charge on any atom is -0.266 e. The zero-order chi connectivity index (χ0) is 18.6. The van der Waals surface area contributed by atoms with Gasteiger partial charge in [-0.25, -0.2) is 4.39 Å².